The molecule has 1 aromatic rings. The lowest BCUT2D eigenvalue weighted by molar-refractivity contribution is 0.615. The Balaban J connectivity index is 1.92. The number of aromatic nitrogens is 2. The fraction of sp³-hybridized carbons (Fsp3) is 0.571. The van der Waals surface area contributed by atoms with Crippen molar-refractivity contribution in [3.8, 4) is 0 Å². The van der Waals surface area contributed by atoms with E-state index in [2.05, 4.69) is 27.2 Å². The minimum atomic E-state index is 0.530. The van der Waals surface area contributed by atoms with Gasteiger partial charge in [-0.2, -0.15) is 4.98 Å². The summed E-state index contributed by atoms with van der Waals surface area (Å²) in [6.45, 7) is 4.40. The van der Waals surface area contributed by atoms with Gasteiger partial charge in [-0.15, -0.1) is 6.58 Å². The molecule has 0 bridgehead atoms. The zero-order chi connectivity index (χ0) is 12.6. The molecule has 1 aromatic heterocycles. The van der Waals surface area contributed by atoms with Crippen LogP contribution >= 0.6 is 0 Å². The molecule has 98 valence electrons. The van der Waals surface area contributed by atoms with Crippen LogP contribution in [0, 0.1) is 0 Å². The van der Waals surface area contributed by atoms with Crippen LogP contribution in [0.3, 0.4) is 0 Å². The second-order valence-electron chi connectivity index (χ2n) is 4.77. The molecular formula is C14H22N4. The predicted molar refractivity (Wildman–Crippen MR) is 75.8 cm³/mol. The van der Waals surface area contributed by atoms with Crippen LogP contribution in [0.2, 0.25) is 0 Å². The Morgan fingerprint density at radius 3 is 2.78 bits per heavy atom. The lowest BCUT2D eigenvalue weighted by Crippen LogP contribution is -2.20. The summed E-state index contributed by atoms with van der Waals surface area (Å²) in [5.41, 5.74) is 0. The minimum absolute atomic E-state index is 0.530. The lowest BCUT2D eigenvalue weighted by Gasteiger charge is -2.16. The van der Waals surface area contributed by atoms with Gasteiger partial charge in [-0.3, -0.25) is 0 Å². The molecule has 0 spiro atoms. The SMILES string of the molecule is C=CCNc1ccnc(NC2CCCCCC2)n1. The van der Waals surface area contributed by atoms with Crippen molar-refractivity contribution in [3.05, 3.63) is 24.9 Å². The van der Waals surface area contributed by atoms with Crippen LogP contribution < -0.4 is 10.6 Å². The Morgan fingerprint density at radius 1 is 1.28 bits per heavy atom. The van der Waals surface area contributed by atoms with E-state index in [4.69, 9.17) is 0 Å². The zero-order valence-corrected chi connectivity index (χ0v) is 10.9. The molecule has 0 amide bonds. The van der Waals surface area contributed by atoms with Gasteiger partial charge in [-0.1, -0.05) is 31.8 Å². The first kappa shape index (κ1) is 12.9. The fourth-order valence-corrected chi connectivity index (χ4v) is 2.31. The minimum Gasteiger partial charge on any atom is -0.366 e. The molecule has 0 aliphatic heterocycles. The van der Waals surface area contributed by atoms with Crippen molar-refractivity contribution >= 4 is 11.8 Å². The average Bonchev–Trinajstić information content (AvgIpc) is 2.65. The summed E-state index contributed by atoms with van der Waals surface area (Å²) in [5.74, 6) is 1.58. The van der Waals surface area contributed by atoms with E-state index in [1.54, 1.807) is 6.20 Å². The van der Waals surface area contributed by atoms with Gasteiger partial charge in [0.05, 0.1) is 0 Å². The van der Waals surface area contributed by atoms with Crippen molar-refractivity contribution < 1.29 is 0 Å². The van der Waals surface area contributed by atoms with E-state index >= 15 is 0 Å². The van der Waals surface area contributed by atoms with Gasteiger partial charge in [0.2, 0.25) is 5.95 Å². The summed E-state index contributed by atoms with van der Waals surface area (Å²) in [4.78, 5) is 8.74. The van der Waals surface area contributed by atoms with Gasteiger partial charge in [0.15, 0.2) is 0 Å². The first-order valence-electron chi connectivity index (χ1n) is 6.83. The Morgan fingerprint density at radius 2 is 2.06 bits per heavy atom. The number of rotatable bonds is 5. The molecule has 2 N–H and O–H groups in total. The molecule has 1 saturated carbocycles. The van der Waals surface area contributed by atoms with Crippen LogP contribution in [0.1, 0.15) is 38.5 Å². The van der Waals surface area contributed by atoms with E-state index in [1.807, 2.05) is 12.1 Å². The Bertz CT molecular complexity index is 370. The van der Waals surface area contributed by atoms with Gasteiger partial charge >= 0.3 is 0 Å². The first-order valence-corrected chi connectivity index (χ1v) is 6.83. The maximum Gasteiger partial charge on any atom is 0.224 e. The van der Waals surface area contributed by atoms with Gasteiger partial charge < -0.3 is 10.6 Å². The second kappa shape index (κ2) is 6.99. The molecular weight excluding hydrogens is 224 g/mol. The summed E-state index contributed by atoms with van der Waals surface area (Å²) in [5, 5.41) is 6.62. The third-order valence-electron chi connectivity index (χ3n) is 3.27. The van der Waals surface area contributed by atoms with E-state index in [1.165, 1.54) is 38.5 Å². The molecule has 4 heteroatoms. The molecule has 18 heavy (non-hydrogen) atoms. The van der Waals surface area contributed by atoms with Crippen molar-refractivity contribution in [2.75, 3.05) is 17.2 Å². The van der Waals surface area contributed by atoms with Crippen LogP contribution in [0.25, 0.3) is 0 Å². The van der Waals surface area contributed by atoms with E-state index in [0.717, 1.165) is 18.3 Å². The van der Waals surface area contributed by atoms with Gasteiger partial charge in [0.25, 0.3) is 0 Å². The fourth-order valence-electron chi connectivity index (χ4n) is 2.31. The van der Waals surface area contributed by atoms with Crippen molar-refractivity contribution in [2.24, 2.45) is 0 Å². The van der Waals surface area contributed by atoms with Crippen LogP contribution in [0.4, 0.5) is 11.8 Å². The Labute approximate surface area is 109 Å². The van der Waals surface area contributed by atoms with Gasteiger partial charge in [-0.25, -0.2) is 4.98 Å². The normalized spacial score (nSPS) is 16.9. The topological polar surface area (TPSA) is 49.8 Å². The molecule has 1 aliphatic carbocycles. The lowest BCUT2D eigenvalue weighted by atomic mass is 10.1. The van der Waals surface area contributed by atoms with Crippen molar-refractivity contribution in [1.29, 1.82) is 0 Å². The van der Waals surface area contributed by atoms with E-state index in [0.29, 0.717) is 6.04 Å². The number of hydrogen-bond acceptors (Lipinski definition) is 4. The Kier molecular flexibility index (Phi) is 5.00. The molecule has 0 saturated heterocycles. The molecule has 2 rings (SSSR count). The smallest absolute Gasteiger partial charge is 0.224 e. The summed E-state index contributed by atoms with van der Waals surface area (Å²) in [7, 11) is 0. The van der Waals surface area contributed by atoms with Crippen molar-refractivity contribution in [3.63, 3.8) is 0 Å². The molecule has 1 heterocycles. The highest BCUT2D eigenvalue weighted by atomic mass is 15.1. The summed E-state index contributed by atoms with van der Waals surface area (Å²) >= 11 is 0. The molecule has 0 radical (unpaired) electrons. The standard InChI is InChI=1S/C14H22N4/c1-2-10-15-13-9-11-16-14(18-13)17-12-7-5-3-4-6-8-12/h2,9,11-12H,1,3-8,10H2,(H2,15,16,17,18). The third kappa shape index (κ3) is 4.02. The molecule has 0 atom stereocenters. The molecule has 0 unspecified atom stereocenters. The van der Waals surface area contributed by atoms with Crippen molar-refractivity contribution in [2.45, 2.75) is 44.6 Å². The molecule has 0 aromatic carbocycles. The van der Waals surface area contributed by atoms with Gasteiger partial charge in [-0.05, 0) is 18.9 Å². The highest BCUT2D eigenvalue weighted by Gasteiger charge is 2.12. The summed E-state index contributed by atoms with van der Waals surface area (Å²) in [6, 6.07) is 2.41. The number of nitrogens with zero attached hydrogens (tertiary/aromatic N) is 2. The maximum absolute atomic E-state index is 4.45. The third-order valence-corrected chi connectivity index (χ3v) is 3.27. The number of hydrogen-bond donors (Lipinski definition) is 2. The monoisotopic (exact) mass is 246 g/mol. The van der Waals surface area contributed by atoms with Crippen molar-refractivity contribution in [1.82, 2.24) is 9.97 Å². The summed E-state index contributed by atoms with van der Waals surface area (Å²) in [6.07, 6.45) is 11.4. The predicted octanol–water partition coefficient (Wildman–Crippen LogP) is 3.21. The van der Waals surface area contributed by atoms with Crippen LogP contribution in [-0.4, -0.2) is 22.6 Å². The number of anilines is 2. The molecule has 1 aliphatic rings. The van der Waals surface area contributed by atoms with Gasteiger partial charge in [0, 0.05) is 18.8 Å². The quantitative estimate of drug-likeness (QED) is 0.618. The second-order valence-corrected chi connectivity index (χ2v) is 4.77. The van der Waals surface area contributed by atoms with Crippen LogP contribution in [0.5, 0.6) is 0 Å². The van der Waals surface area contributed by atoms with Crippen LogP contribution in [0.15, 0.2) is 24.9 Å². The maximum atomic E-state index is 4.45. The van der Waals surface area contributed by atoms with E-state index in [9.17, 15) is 0 Å². The summed E-state index contributed by atoms with van der Waals surface area (Å²) < 4.78 is 0. The van der Waals surface area contributed by atoms with Crippen LogP contribution in [-0.2, 0) is 0 Å². The average molecular weight is 246 g/mol. The zero-order valence-electron chi connectivity index (χ0n) is 10.9. The first-order chi connectivity index (χ1) is 8.88. The van der Waals surface area contributed by atoms with Gasteiger partial charge in [0.1, 0.15) is 5.82 Å². The highest BCUT2D eigenvalue weighted by Crippen LogP contribution is 2.20. The molecule has 1 fully saturated rings. The van der Waals surface area contributed by atoms with E-state index in [-0.39, 0.29) is 0 Å². The highest BCUT2D eigenvalue weighted by molar-refractivity contribution is 5.40. The number of nitrogens with one attached hydrogen (secondary N) is 2. The Hall–Kier alpha value is -1.58. The largest absolute Gasteiger partial charge is 0.366 e. The molecule has 4 nitrogen and oxygen atoms in total. The van der Waals surface area contributed by atoms with E-state index < -0.39 is 0 Å².